The zero-order valence-electron chi connectivity index (χ0n) is 58.9. The molecule has 0 saturated carbocycles. The van der Waals surface area contributed by atoms with Crippen molar-refractivity contribution in [3.63, 3.8) is 0 Å². The Morgan fingerprint density at radius 3 is 0.990 bits per heavy atom. The van der Waals surface area contributed by atoms with Crippen LogP contribution in [0, 0.1) is 13.8 Å². The normalized spacial score (nSPS) is 11.0. The first-order chi connectivity index (χ1) is 50.9. The molecule has 0 aliphatic rings. The van der Waals surface area contributed by atoms with Crippen molar-refractivity contribution in [2.45, 2.75) is 53.4 Å². The zero-order chi connectivity index (χ0) is 74.4. The maximum absolute atomic E-state index is 11.2. The molecule has 6 heterocycles. The average Bonchev–Trinajstić information content (AvgIpc) is 1.18. The van der Waals surface area contributed by atoms with Crippen LogP contribution < -0.4 is 30.2 Å². The van der Waals surface area contributed by atoms with Gasteiger partial charge in [0, 0.05) is 65.5 Å². The SMILES string of the molecule is C=CCc1c(C)nc(-c2ccc(/C=C/c3ccc(OC)cc3)s2)nc1Nc1ccc(C(=O)O)cc1.C=CCc1c(CC)nc(-c2ccc(/C=C/c3ccc(OC)cc3)s2)nc1Nc1ccc(C(=O)O)cc1.CCc1c(C)nc(-c2ccc(/C=C/c3ccc(OC)cc3)s2)nc1Nc1ccc(C(=O)O)cc1. The van der Waals surface area contributed by atoms with Crippen molar-refractivity contribution in [1.29, 1.82) is 0 Å². The van der Waals surface area contributed by atoms with Crippen LogP contribution in [0.2, 0.25) is 0 Å². The van der Waals surface area contributed by atoms with Gasteiger partial charge in [-0.3, -0.25) is 0 Å². The Bertz CT molecular complexity index is 5110. The number of nitrogens with one attached hydrogen (secondary N) is 3. The first-order valence-electron chi connectivity index (χ1n) is 33.4. The van der Waals surface area contributed by atoms with Gasteiger partial charge in [0.2, 0.25) is 0 Å². The van der Waals surface area contributed by atoms with Gasteiger partial charge < -0.3 is 45.5 Å². The van der Waals surface area contributed by atoms with Gasteiger partial charge in [-0.05, 0) is 220 Å². The second kappa shape index (κ2) is 36.4. The van der Waals surface area contributed by atoms with Crippen LogP contribution in [0.3, 0.4) is 0 Å². The van der Waals surface area contributed by atoms with Crippen LogP contribution in [0.5, 0.6) is 17.2 Å². The third kappa shape index (κ3) is 20.4. The van der Waals surface area contributed by atoms with E-state index in [-0.39, 0.29) is 16.7 Å². The van der Waals surface area contributed by atoms with Gasteiger partial charge in [-0.15, -0.1) is 47.2 Å². The number of rotatable bonds is 27. The van der Waals surface area contributed by atoms with Crippen molar-refractivity contribution in [1.82, 2.24) is 29.9 Å². The van der Waals surface area contributed by atoms with E-state index in [0.717, 1.165) is 133 Å². The Balaban J connectivity index is 0.000000169. The van der Waals surface area contributed by atoms with E-state index in [1.807, 2.05) is 123 Å². The summed E-state index contributed by atoms with van der Waals surface area (Å²) < 4.78 is 15.6. The average molecular weight is 1450 g/mol. The van der Waals surface area contributed by atoms with Gasteiger partial charge in [0.1, 0.15) is 34.7 Å². The van der Waals surface area contributed by atoms with E-state index in [0.29, 0.717) is 42.0 Å². The number of nitrogens with zero attached hydrogens (tertiary/aromatic N) is 6. The van der Waals surface area contributed by atoms with Gasteiger partial charge >= 0.3 is 17.9 Å². The Morgan fingerprint density at radius 1 is 0.381 bits per heavy atom. The molecule has 12 aromatic rings. The number of thiophene rings is 3. The molecule has 0 bridgehead atoms. The molecule has 0 amide bonds. The third-order valence-electron chi connectivity index (χ3n) is 16.3. The monoisotopic (exact) mass is 1450 g/mol. The lowest BCUT2D eigenvalue weighted by atomic mass is 10.1. The molecule has 0 saturated heterocycles. The fourth-order valence-electron chi connectivity index (χ4n) is 10.7. The summed E-state index contributed by atoms with van der Waals surface area (Å²) in [5.41, 5.74) is 11.9. The zero-order valence-corrected chi connectivity index (χ0v) is 61.3. The van der Waals surface area contributed by atoms with Crippen LogP contribution in [0.25, 0.3) is 68.6 Å². The van der Waals surface area contributed by atoms with Gasteiger partial charge in [0.25, 0.3) is 0 Å². The number of carboxylic acid groups (broad SMARTS) is 3. The summed E-state index contributed by atoms with van der Waals surface area (Å²) in [6.45, 7) is 15.8. The number of aromatic carboxylic acids is 3. The third-order valence-corrected chi connectivity index (χ3v) is 19.4. The number of aromatic nitrogens is 6. The second-order valence-corrected chi connectivity index (χ2v) is 26.7. The van der Waals surface area contributed by atoms with Gasteiger partial charge in [-0.25, -0.2) is 44.3 Å². The Morgan fingerprint density at radius 2 is 0.686 bits per heavy atom. The summed E-state index contributed by atoms with van der Waals surface area (Å²) in [7, 11) is 4.97. The molecule has 0 aliphatic heterocycles. The van der Waals surface area contributed by atoms with Crippen LogP contribution in [-0.2, 0) is 25.7 Å². The maximum Gasteiger partial charge on any atom is 0.335 e. The molecule has 0 fully saturated rings. The standard InChI is InChI=1S/C29H27N3O3S.C28H25N3O3S.C27H25N3O3S/c1-4-6-24-25(5-2)31-28(32-27(24)30-21-12-10-20(11-13-21)29(33)34)26-18-17-23(36-26)16-9-19-7-14-22(35-3)15-8-19;1-4-5-24-18(2)29-27(31-26(24)30-21-11-9-20(10-12-21)28(32)33)25-17-16-23(35-25)15-8-19-6-13-22(34-3)14-7-19;1-4-23-17(2)28-26(30-25(23)29-20-10-8-19(9-11-20)27(31)32)24-16-15-22(34-24)14-7-18-5-12-21(33-3)13-6-18/h4,7-18H,1,5-6H2,2-3H3,(H,33,34)(H,30,31,32);4,6-17H,1,5H2,2-3H3,(H,32,33)(H,29,30,31);5-16H,4H2,1-3H3,(H,31,32)(H,28,29,30)/b16-9+;15-8+;14-7+. The molecule has 6 aromatic heterocycles. The first kappa shape index (κ1) is 75.2. The maximum atomic E-state index is 11.2. The number of allylic oxidation sites excluding steroid dienone is 2. The van der Waals surface area contributed by atoms with Crippen molar-refractivity contribution < 1.29 is 43.9 Å². The highest BCUT2D eigenvalue weighted by molar-refractivity contribution is 7.17. The molecule has 21 heteroatoms. The van der Waals surface area contributed by atoms with Crippen molar-refractivity contribution in [3.05, 3.63) is 289 Å². The van der Waals surface area contributed by atoms with Crippen LogP contribution in [-0.4, -0.2) is 84.5 Å². The summed E-state index contributed by atoms with van der Waals surface area (Å²) in [5.74, 6) is 3.68. The number of ether oxygens (including phenoxy) is 3. The number of hydrogen-bond donors (Lipinski definition) is 6. The minimum Gasteiger partial charge on any atom is -0.497 e. The van der Waals surface area contributed by atoms with E-state index >= 15 is 0 Å². The second-order valence-electron chi connectivity index (χ2n) is 23.4. The van der Waals surface area contributed by atoms with Gasteiger partial charge in [0.05, 0.1) is 52.7 Å². The Kier molecular flexibility index (Phi) is 26.1. The van der Waals surface area contributed by atoms with E-state index in [1.165, 1.54) is 0 Å². The smallest absolute Gasteiger partial charge is 0.335 e. The van der Waals surface area contributed by atoms with E-state index in [2.05, 4.69) is 91.5 Å². The number of carboxylic acids is 3. The number of carbonyl (C=O) groups is 3. The van der Waals surface area contributed by atoms with Crippen LogP contribution in [0.4, 0.5) is 34.5 Å². The summed E-state index contributed by atoms with van der Waals surface area (Å²) in [5, 5.41) is 37.5. The lowest BCUT2D eigenvalue weighted by molar-refractivity contribution is 0.0686. The fourth-order valence-corrected chi connectivity index (χ4v) is 13.2. The van der Waals surface area contributed by atoms with E-state index in [4.69, 9.17) is 54.3 Å². The summed E-state index contributed by atoms with van der Waals surface area (Å²) in [6, 6.07) is 55.8. The van der Waals surface area contributed by atoms with E-state index < -0.39 is 17.9 Å². The van der Waals surface area contributed by atoms with E-state index in [9.17, 15) is 19.5 Å². The summed E-state index contributed by atoms with van der Waals surface area (Å²) >= 11 is 4.86. The first-order valence-corrected chi connectivity index (χ1v) is 35.8. The molecule has 0 unspecified atom stereocenters. The highest BCUT2D eigenvalue weighted by Gasteiger charge is 2.19. The fraction of sp³-hybridized carbons (Fsp3) is 0.131. The minimum absolute atomic E-state index is 0.232. The van der Waals surface area contributed by atoms with Gasteiger partial charge in [-0.2, -0.15) is 0 Å². The van der Waals surface area contributed by atoms with Crippen LogP contribution in [0.1, 0.15) is 110 Å². The molecule has 0 spiro atoms. The number of anilines is 6. The highest BCUT2D eigenvalue weighted by atomic mass is 32.1. The molecule has 6 N–H and O–H groups in total. The Labute approximate surface area is 621 Å². The van der Waals surface area contributed by atoms with Crippen LogP contribution >= 0.6 is 34.0 Å². The van der Waals surface area contributed by atoms with Crippen LogP contribution in [0.15, 0.2) is 207 Å². The molecule has 6 aromatic carbocycles. The topological polar surface area (TPSA) is 253 Å². The molecule has 530 valence electrons. The number of hydrogen-bond acceptors (Lipinski definition) is 18. The number of aryl methyl sites for hydroxylation is 3. The summed E-state index contributed by atoms with van der Waals surface area (Å²) in [4.78, 5) is 68.5. The molecule has 105 heavy (non-hydrogen) atoms. The van der Waals surface area contributed by atoms with Gasteiger partial charge in [-0.1, -0.05) is 80.6 Å². The quantitative estimate of drug-likeness (QED) is 0.0262. The lowest BCUT2D eigenvalue weighted by Gasteiger charge is -2.15. The molecular formula is C84H77N9O9S3. The summed E-state index contributed by atoms with van der Waals surface area (Å²) in [6.07, 6.45) is 18.8. The minimum atomic E-state index is -0.960. The molecule has 12 rings (SSSR count). The molecule has 0 radical (unpaired) electrons. The highest BCUT2D eigenvalue weighted by Crippen LogP contribution is 2.36. The van der Waals surface area contributed by atoms with Crippen molar-refractivity contribution in [2.75, 3.05) is 37.3 Å². The molecule has 0 atom stereocenters. The molecule has 0 aliphatic carbocycles. The number of benzene rings is 6. The molecule has 18 nitrogen and oxygen atoms in total. The van der Waals surface area contributed by atoms with Crippen molar-refractivity contribution in [3.8, 4) is 49.4 Å². The largest absolute Gasteiger partial charge is 0.497 e. The van der Waals surface area contributed by atoms with E-state index in [1.54, 1.807) is 128 Å². The number of methoxy groups -OCH3 is 3. The van der Waals surface area contributed by atoms with Gasteiger partial charge in [0.15, 0.2) is 17.5 Å². The Hall–Kier alpha value is -12.4. The van der Waals surface area contributed by atoms with Crippen molar-refractivity contribution in [2.24, 2.45) is 0 Å². The molecular weight excluding hydrogens is 1380 g/mol. The van der Waals surface area contributed by atoms with Crippen molar-refractivity contribution >= 4 is 123 Å². The predicted molar refractivity (Wildman–Crippen MR) is 428 cm³/mol. The lowest BCUT2D eigenvalue weighted by Crippen LogP contribution is -2.07. The predicted octanol–water partition coefficient (Wildman–Crippen LogP) is 20.7.